The van der Waals surface area contributed by atoms with E-state index in [1.165, 1.54) is 0 Å². The van der Waals surface area contributed by atoms with Crippen molar-refractivity contribution in [1.29, 1.82) is 0 Å². The number of alkyl carbamates (subject to hydrolysis) is 1. The molecular formula is C21H29ClFN5O2. The Morgan fingerprint density at radius 1 is 1.33 bits per heavy atom. The molecule has 0 radical (unpaired) electrons. The lowest BCUT2D eigenvalue weighted by Gasteiger charge is -2.37. The van der Waals surface area contributed by atoms with Crippen LogP contribution in [-0.2, 0) is 4.74 Å². The second-order valence-corrected chi connectivity index (χ2v) is 9.30. The maximum absolute atomic E-state index is 14.6. The molecular weight excluding hydrogens is 409 g/mol. The minimum Gasteiger partial charge on any atom is -0.444 e. The predicted octanol–water partition coefficient (Wildman–Crippen LogP) is 4.62. The largest absolute Gasteiger partial charge is 0.444 e. The molecule has 2 aromatic heterocycles. The van der Waals surface area contributed by atoms with Crippen LogP contribution in [0.25, 0.3) is 11.1 Å². The van der Waals surface area contributed by atoms with Crippen molar-refractivity contribution in [1.82, 2.24) is 20.1 Å². The highest BCUT2D eigenvalue weighted by atomic mass is 35.5. The van der Waals surface area contributed by atoms with E-state index < -0.39 is 17.9 Å². The summed E-state index contributed by atoms with van der Waals surface area (Å²) >= 11 is 6.17. The molecule has 0 aromatic carbocycles. The van der Waals surface area contributed by atoms with Crippen molar-refractivity contribution in [2.75, 3.05) is 18.0 Å². The SMILES string of the molecule is CC(C)n1cc(-c2cnc(Cl)cc2N2C[C@@H](F)C[C@H](NC(=O)OC(C)(C)C)C2)cn1. The molecule has 9 heteroatoms. The number of piperidine rings is 1. The zero-order valence-corrected chi connectivity index (χ0v) is 18.8. The second-order valence-electron chi connectivity index (χ2n) is 8.91. The molecule has 2 atom stereocenters. The number of rotatable bonds is 4. The monoisotopic (exact) mass is 437 g/mol. The Morgan fingerprint density at radius 3 is 2.70 bits per heavy atom. The third kappa shape index (κ3) is 5.62. The van der Waals surface area contributed by atoms with E-state index in [2.05, 4.69) is 15.4 Å². The van der Waals surface area contributed by atoms with Crippen LogP contribution in [0.1, 0.15) is 47.1 Å². The number of hydrogen-bond acceptors (Lipinski definition) is 5. The number of carbonyl (C=O) groups is 1. The topological polar surface area (TPSA) is 72.3 Å². The Bertz CT molecular complexity index is 896. The summed E-state index contributed by atoms with van der Waals surface area (Å²) in [5.74, 6) is 0. The maximum atomic E-state index is 14.6. The van der Waals surface area contributed by atoms with Crippen LogP contribution in [0.4, 0.5) is 14.9 Å². The van der Waals surface area contributed by atoms with Crippen LogP contribution >= 0.6 is 11.6 Å². The fourth-order valence-electron chi connectivity index (χ4n) is 3.48. The van der Waals surface area contributed by atoms with Crippen molar-refractivity contribution >= 4 is 23.4 Å². The van der Waals surface area contributed by atoms with E-state index in [9.17, 15) is 9.18 Å². The molecule has 0 spiro atoms. The molecule has 7 nitrogen and oxygen atoms in total. The summed E-state index contributed by atoms with van der Waals surface area (Å²) < 4.78 is 21.8. The van der Waals surface area contributed by atoms with E-state index >= 15 is 0 Å². The van der Waals surface area contributed by atoms with Gasteiger partial charge in [-0.2, -0.15) is 5.10 Å². The Morgan fingerprint density at radius 2 is 2.07 bits per heavy atom. The highest BCUT2D eigenvalue weighted by molar-refractivity contribution is 6.29. The van der Waals surface area contributed by atoms with Gasteiger partial charge in [0.05, 0.1) is 12.2 Å². The molecule has 3 heterocycles. The van der Waals surface area contributed by atoms with Gasteiger partial charge in [0.15, 0.2) is 0 Å². The number of aromatic nitrogens is 3. The molecule has 0 aliphatic carbocycles. The highest BCUT2D eigenvalue weighted by Crippen LogP contribution is 2.34. The first-order chi connectivity index (χ1) is 14.0. The quantitative estimate of drug-likeness (QED) is 0.706. The molecule has 1 fully saturated rings. The summed E-state index contributed by atoms with van der Waals surface area (Å²) in [6.07, 6.45) is 3.96. The Labute approximate surface area is 181 Å². The van der Waals surface area contributed by atoms with Crippen LogP contribution in [0, 0.1) is 0 Å². The van der Waals surface area contributed by atoms with Gasteiger partial charge in [0, 0.05) is 54.8 Å². The van der Waals surface area contributed by atoms with Crippen molar-refractivity contribution in [3.05, 3.63) is 29.8 Å². The van der Waals surface area contributed by atoms with Crippen molar-refractivity contribution in [2.45, 2.75) is 64.9 Å². The van der Waals surface area contributed by atoms with Gasteiger partial charge in [0.1, 0.15) is 16.9 Å². The van der Waals surface area contributed by atoms with Crippen LogP contribution in [0.2, 0.25) is 5.15 Å². The van der Waals surface area contributed by atoms with E-state index in [0.29, 0.717) is 11.7 Å². The third-order valence-electron chi connectivity index (χ3n) is 4.75. The molecule has 2 aromatic rings. The highest BCUT2D eigenvalue weighted by Gasteiger charge is 2.31. The van der Waals surface area contributed by atoms with Gasteiger partial charge in [0.2, 0.25) is 0 Å². The number of halogens is 2. The van der Waals surface area contributed by atoms with E-state index in [-0.39, 0.29) is 25.0 Å². The number of carbonyl (C=O) groups excluding carboxylic acids is 1. The number of amides is 1. The average molecular weight is 438 g/mol. The Kier molecular flexibility index (Phi) is 6.55. The molecule has 1 N–H and O–H groups in total. The minimum absolute atomic E-state index is 0.207. The van der Waals surface area contributed by atoms with Gasteiger partial charge in [0.25, 0.3) is 0 Å². The van der Waals surface area contributed by atoms with E-state index in [1.807, 2.05) is 29.6 Å². The summed E-state index contributed by atoms with van der Waals surface area (Å²) in [6, 6.07) is 1.56. The zero-order chi connectivity index (χ0) is 22.1. The van der Waals surface area contributed by atoms with Crippen LogP contribution in [0.15, 0.2) is 24.7 Å². The summed E-state index contributed by atoms with van der Waals surface area (Å²) in [4.78, 5) is 18.3. The number of nitrogens with one attached hydrogen (secondary N) is 1. The van der Waals surface area contributed by atoms with E-state index in [4.69, 9.17) is 16.3 Å². The standard InChI is InChI=1S/C21H29ClFN5O2/c1-13(2)28-10-14(8-25-28)17-9-24-19(22)7-18(17)27-11-15(23)6-16(12-27)26-20(29)30-21(3,4)5/h7-10,13,15-16H,6,11-12H2,1-5H3,(H,26,29)/t15-,16-/m0/s1. The number of ether oxygens (including phenoxy) is 1. The van der Waals surface area contributed by atoms with Crippen molar-refractivity contribution in [3.8, 4) is 11.1 Å². The van der Waals surface area contributed by atoms with E-state index in [0.717, 1.165) is 16.8 Å². The summed E-state index contributed by atoms with van der Waals surface area (Å²) in [6.45, 7) is 10.1. The number of hydrogen-bond donors (Lipinski definition) is 1. The fraction of sp³-hybridized carbons (Fsp3) is 0.571. The van der Waals surface area contributed by atoms with E-state index in [1.54, 1.807) is 39.2 Å². The Balaban J connectivity index is 1.85. The van der Waals surface area contributed by atoms with Gasteiger partial charge in [-0.25, -0.2) is 14.2 Å². The molecule has 0 bridgehead atoms. The average Bonchev–Trinajstić information content (AvgIpc) is 3.09. The van der Waals surface area contributed by atoms with Crippen LogP contribution < -0.4 is 10.2 Å². The number of anilines is 1. The number of pyridine rings is 1. The van der Waals surface area contributed by atoms with Gasteiger partial charge in [-0.15, -0.1) is 0 Å². The molecule has 0 unspecified atom stereocenters. The van der Waals surface area contributed by atoms with Gasteiger partial charge < -0.3 is 15.0 Å². The second kappa shape index (κ2) is 8.79. The lowest BCUT2D eigenvalue weighted by Crippen LogP contribution is -2.52. The molecule has 3 rings (SSSR count). The normalized spacial score (nSPS) is 19.8. The molecule has 30 heavy (non-hydrogen) atoms. The van der Waals surface area contributed by atoms with Crippen molar-refractivity contribution in [2.24, 2.45) is 0 Å². The predicted molar refractivity (Wildman–Crippen MR) is 116 cm³/mol. The maximum Gasteiger partial charge on any atom is 0.407 e. The number of nitrogens with zero attached hydrogens (tertiary/aromatic N) is 4. The van der Waals surface area contributed by atoms with Gasteiger partial charge >= 0.3 is 6.09 Å². The van der Waals surface area contributed by atoms with Crippen molar-refractivity contribution < 1.29 is 13.9 Å². The van der Waals surface area contributed by atoms with Gasteiger partial charge in [-0.05, 0) is 40.7 Å². The van der Waals surface area contributed by atoms with Crippen LogP contribution in [-0.4, -0.2) is 51.8 Å². The Hall–Kier alpha value is -2.35. The van der Waals surface area contributed by atoms with Gasteiger partial charge in [-0.1, -0.05) is 11.6 Å². The van der Waals surface area contributed by atoms with Crippen LogP contribution in [0.5, 0.6) is 0 Å². The summed E-state index contributed by atoms with van der Waals surface area (Å²) in [5, 5.41) is 7.51. The van der Waals surface area contributed by atoms with Gasteiger partial charge in [-0.3, -0.25) is 4.68 Å². The zero-order valence-electron chi connectivity index (χ0n) is 18.0. The lowest BCUT2D eigenvalue weighted by molar-refractivity contribution is 0.0491. The fourth-order valence-corrected chi connectivity index (χ4v) is 3.63. The first kappa shape index (κ1) is 22.3. The summed E-state index contributed by atoms with van der Waals surface area (Å²) in [5.41, 5.74) is 1.84. The first-order valence-electron chi connectivity index (χ1n) is 10.1. The molecule has 164 valence electrons. The third-order valence-corrected chi connectivity index (χ3v) is 4.96. The number of alkyl halides is 1. The summed E-state index contributed by atoms with van der Waals surface area (Å²) in [7, 11) is 0. The molecule has 1 amide bonds. The van der Waals surface area contributed by atoms with Crippen LogP contribution in [0.3, 0.4) is 0 Å². The first-order valence-corrected chi connectivity index (χ1v) is 10.5. The molecule has 1 saturated heterocycles. The minimum atomic E-state index is -1.10. The molecule has 0 saturated carbocycles. The molecule has 1 aliphatic rings. The van der Waals surface area contributed by atoms with Crippen molar-refractivity contribution in [3.63, 3.8) is 0 Å². The molecule has 1 aliphatic heterocycles. The smallest absolute Gasteiger partial charge is 0.407 e. The lowest BCUT2D eigenvalue weighted by atomic mass is 10.0.